The van der Waals surface area contributed by atoms with Gasteiger partial charge in [-0.15, -0.1) is 0 Å². The van der Waals surface area contributed by atoms with Gasteiger partial charge in [-0.25, -0.2) is 0 Å². The lowest BCUT2D eigenvalue weighted by atomic mass is 9.70. The van der Waals surface area contributed by atoms with E-state index < -0.39 is 10.8 Å². The molecule has 2 aromatic heterocycles. The van der Waals surface area contributed by atoms with Crippen LogP contribution in [0.5, 0.6) is 0 Å². The van der Waals surface area contributed by atoms with Crippen LogP contribution in [0.4, 0.5) is 17.1 Å². The summed E-state index contributed by atoms with van der Waals surface area (Å²) >= 11 is 0. The molecule has 2 heterocycles. The quantitative estimate of drug-likeness (QED) is 0.148. The largest absolute Gasteiger partial charge is 0.310 e. The molecule has 0 bridgehead atoms. The van der Waals surface area contributed by atoms with Crippen LogP contribution in [-0.4, -0.2) is 9.13 Å². The molecule has 0 saturated carbocycles. The van der Waals surface area contributed by atoms with Crippen molar-refractivity contribution in [3.63, 3.8) is 0 Å². The Kier molecular flexibility index (Phi) is 11.8. The van der Waals surface area contributed by atoms with E-state index in [4.69, 9.17) is 0 Å². The number of anilines is 3. The van der Waals surface area contributed by atoms with Crippen LogP contribution in [0.1, 0.15) is 44.5 Å². The molecule has 0 N–H and O–H groups in total. The van der Waals surface area contributed by atoms with E-state index in [2.05, 4.69) is 384 Å². The van der Waals surface area contributed by atoms with Gasteiger partial charge in [-0.2, -0.15) is 0 Å². The molecule has 3 heteroatoms. The highest BCUT2D eigenvalue weighted by Crippen LogP contribution is 2.66. The molecule has 0 fully saturated rings. The van der Waals surface area contributed by atoms with Crippen LogP contribution in [0.15, 0.2) is 370 Å². The fourth-order valence-corrected chi connectivity index (χ4v) is 18.9. The fourth-order valence-electron chi connectivity index (χ4n) is 18.9. The summed E-state index contributed by atoms with van der Waals surface area (Å²) in [7, 11) is 0. The Bertz CT molecular complexity index is 6380. The highest BCUT2D eigenvalue weighted by molar-refractivity contribution is 6.16. The van der Waals surface area contributed by atoms with E-state index in [1.807, 2.05) is 0 Å². The van der Waals surface area contributed by atoms with Crippen molar-refractivity contribution in [2.24, 2.45) is 0 Å². The van der Waals surface area contributed by atoms with E-state index in [1.165, 1.54) is 166 Å². The van der Waals surface area contributed by atoms with Gasteiger partial charge in [0.05, 0.1) is 32.9 Å². The Morgan fingerprint density at radius 2 is 0.545 bits per heavy atom. The third-order valence-electron chi connectivity index (χ3n) is 22.9. The average Bonchev–Trinajstić information content (AvgIpc) is 1.51. The van der Waals surface area contributed by atoms with Crippen LogP contribution in [0.2, 0.25) is 0 Å². The summed E-state index contributed by atoms with van der Waals surface area (Å²) in [5, 5.41) is 4.92. The molecule has 4 aliphatic rings. The zero-order valence-corrected chi connectivity index (χ0v) is 55.1. The summed E-state index contributed by atoms with van der Waals surface area (Å²) in [6.45, 7) is 0. The van der Waals surface area contributed by atoms with Crippen LogP contribution >= 0.6 is 0 Å². The second kappa shape index (κ2) is 21.2. The standard InChI is InChI=1S/C98H61N3/c1-5-25-67(26-6-1)99(68-27-7-2-8-28-68)71-49-54-79-77-51-46-63(58-90(77)98(92(79)61-71)87-41-21-15-35-74(87)75-36-16-22-42-88(75)98)66-55-83(96-84(56-66)81-38-18-24-44-94(81)101(96)70-31-11-4-12-32-70)65-48-52-78-76-50-45-62(57-89(76)97(91(78)59-65)85-39-19-13-33-72(85)73-34-14-20-40-86(73)97)64-47-53-82-80-37-17-23-43-93(80)100(95(82)60-64)69-29-9-3-10-30-69/h1-61H. The van der Waals surface area contributed by atoms with Crippen molar-refractivity contribution in [2.45, 2.75) is 10.8 Å². The van der Waals surface area contributed by atoms with Crippen LogP contribution in [0.3, 0.4) is 0 Å². The first-order valence-electron chi connectivity index (χ1n) is 35.2. The van der Waals surface area contributed by atoms with Crippen molar-refractivity contribution >= 4 is 60.7 Å². The average molecular weight is 1280 g/mol. The Morgan fingerprint density at radius 3 is 1.07 bits per heavy atom. The number of hydrogen-bond acceptors (Lipinski definition) is 1. The van der Waals surface area contributed by atoms with E-state index in [-0.39, 0.29) is 0 Å². The molecule has 0 amide bonds. The van der Waals surface area contributed by atoms with Crippen molar-refractivity contribution in [2.75, 3.05) is 4.90 Å². The van der Waals surface area contributed by atoms with Gasteiger partial charge in [0.15, 0.2) is 0 Å². The summed E-state index contributed by atoms with van der Waals surface area (Å²) in [5.74, 6) is 0. The smallest absolute Gasteiger partial charge is 0.0726 e. The summed E-state index contributed by atoms with van der Waals surface area (Å²) in [4.78, 5) is 2.41. The van der Waals surface area contributed by atoms with Crippen molar-refractivity contribution in [1.82, 2.24) is 9.13 Å². The topological polar surface area (TPSA) is 13.1 Å². The Hall–Kier alpha value is -13.1. The van der Waals surface area contributed by atoms with Crippen LogP contribution < -0.4 is 4.90 Å². The molecule has 0 saturated heterocycles. The first-order chi connectivity index (χ1) is 50.1. The number of hydrogen-bond donors (Lipinski definition) is 0. The fraction of sp³-hybridized carbons (Fsp3) is 0.0204. The molecule has 0 unspecified atom stereocenters. The lowest BCUT2D eigenvalue weighted by Crippen LogP contribution is -2.26. The molecular formula is C98H61N3. The molecule has 4 aliphatic carbocycles. The molecule has 18 aromatic rings. The van der Waals surface area contributed by atoms with E-state index in [1.54, 1.807) is 0 Å². The number of rotatable bonds is 8. The predicted octanol–water partition coefficient (Wildman–Crippen LogP) is 25.0. The lowest BCUT2D eigenvalue weighted by molar-refractivity contribution is 0.794. The SMILES string of the molecule is c1ccc(N(c2ccccc2)c2ccc3c(c2)C2(c4ccccc4-c4ccccc42)c2cc(-c4cc(-c5ccc6c(c5)C5(c7ccccc7-c7ccccc75)c5cc(-c7ccc8c9ccccc9n(-c9ccccc9)c8c7)ccc5-6)c5c(c4)c4ccccc4n5-c4ccccc4)ccc2-3)cc1. The second-order valence-electron chi connectivity index (χ2n) is 27.7. The molecule has 0 aliphatic heterocycles. The molecule has 0 atom stereocenters. The zero-order valence-electron chi connectivity index (χ0n) is 55.1. The maximum Gasteiger partial charge on any atom is 0.0726 e. The van der Waals surface area contributed by atoms with Gasteiger partial charge < -0.3 is 14.0 Å². The molecule has 101 heavy (non-hydrogen) atoms. The normalized spacial score (nSPS) is 13.5. The number of fused-ring (bicyclic) bond motifs is 26. The maximum absolute atomic E-state index is 2.59. The number of nitrogens with zero attached hydrogens (tertiary/aromatic N) is 3. The highest BCUT2D eigenvalue weighted by Gasteiger charge is 2.54. The number of para-hydroxylation sites is 6. The molecule has 0 radical (unpaired) electrons. The van der Waals surface area contributed by atoms with Gasteiger partial charge in [0.25, 0.3) is 0 Å². The van der Waals surface area contributed by atoms with Crippen molar-refractivity contribution in [1.29, 1.82) is 0 Å². The number of aromatic nitrogens is 2. The van der Waals surface area contributed by atoms with Gasteiger partial charge in [0.2, 0.25) is 0 Å². The minimum Gasteiger partial charge on any atom is -0.310 e. The van der Waals surface area contributed by atoms with Crippen molar-refractivity contribution < 1.29 is 0 Å². The van der Waals surface area contributed by atoms with E-state index in [9.17, 15) is 0 Å². The Morgan fingerprint density at radius 1 is 0.188 bits per heavy atom. The Balaban J connectivity index is 0.774. The van der Waals surface area contributed by atoms with Gasteiger partial charge >= 0.3 is 0 Å². The third kappa shape index (κ3) is 7.67. The first-order valence-corrected chi connectivity index (χ1v) is 35.2. The molecule has 468 valence electrons. The summed E-state index contributed by atoms with van der Waals surface area (Å²) < 4.78 is 4.96. The van der Waals surface area contributed by atoms with E-state index in [0.717, 1.165) is 28.4 Å². The lowest BCUT2D eigenvalue weighted by Gasteiger charge is -2.32. The Labute approximate surface area is 585 Å². The van der Waals surface area contributed by atoms with Crippen molar-refractivity contribution in [3.8, 4) is 89.3 Å². The minimum atomic E-state index is -0.633. The van der Waals surface area contributed by atoms with Gasteiger partial charge in [0.1, 0.15) is 0 Å². The summed E-state index contributed by atoms with van der Waals surface area (Å²) in [5.41, 5.74) is 36.8. The van der Waals surface area contributed by atoms with Gasteiger partial charge in [0, 0.05) is 55.5 Å². The van der Waals surface area contributed by atoms with Crippen LogP contribution in [0, 0.1) is 0 Å². The van der Waals surface area contributed by atoms with E-state index in [0.29, 0.717) is 0 Å². The van der Waals surface area contributed by atoms with Gasteiger partial charge in [-0.1, -0.05) is 261 Å². The first kappa shape index (κ1) is 56.0. The number of benzene rings is 16. The van der Waals surface area contributed by atoms with Crippen LogP contribution in [-0.2, 0) is 10.8 Å². The molecule has 3 nitrogen and oxygen atoms in total. The second-order valence-corrected chi connectivity index (χ2v) is 27.7. The van der Waals surface area contributed by atoms with E-state index >= 15 is 0 Å². The maximum atomic E-state index is 2.59. The zero-order chi connectivity index (χ0) is 66.1. The summed E-state index contributed by atoms with van der Waals surface area (Å²) in [6.07, 6.45) is 0. The summed E-state index contributed by atoms with van der Waals surface area (Å²) in [6, 6.07) is 140. The van der Waals surface area contributed by atoms with Crippen LogP contribution in [0.25, 0.3) is 133 Å². The minimum absolute atomic E-state index is 0.620. The highest BCUT2D eigenvalue weighted by atomic mass is 15.1. The van der Waals surface area contributed by atoms with Crippen molar-refractivity contribution in [3.05, 3.63) is 415 Å². The monoisotopic (exact) mass is 1280 g/mol. The molecule has 16 aromatic carbocycles. The predicted molar refractivity (Wildman–Crippen MR) is 419 cm³/mol. The molecule has 22 rings (SSSR count). The third-order valence-corrected chi connectivity index (χ3v) is 22.9. The molecular weight excluding hydrogens is 1220 g/mol. The van der Waals surface area contributed by atoms with Gasteiger partial charge in [-0.3, -0.25) is 0 Å². The molecule has 2 spiro atoms. The van der Waals surface area contributed by atoms with Gasteiger partial charge in [-0.05, 0) is 226 Å².